The molecule has 0 aliphatic carbocycles. The van der Waals surface area contributed by atoms with Crippen LogP contribution < -0.4 is 14.8 Å². The molecular weight excluding hydrogens is 372 g/mol. The fourth-order valence-corrected chi connectivity index (χ4v) is 3.41. The zero-order valence-electron chi connectivity index (χ0n) is 16.1. The van der Waals surface area contributed by atoms with Crippen molar-refractivity contribution in [2.24, 2.45) is 0 Å². The van der Waals surface area contributed by atoms with E-state index in [0.29, 0.717) is 24.6 Å². The van der Waals surface area contributed by atoms with Gasteiger partial charge in [0, 0.05) is 17.4 Å². The van der Waals surface area contributed by atoms with E-state index in [9.17, 15) is 4.79 Å². The third kappa shape index (κ3) is 5.57. The van der Waals surface area contributed by atoms with Gasteiger partial charge in [-0.3, -0.25) is 4.79 Å². The van der Waals surface area contributed by atoms with Crippen molar-refractivity contribution in [3.05, 3.63) is 59.5 Å². The highest BCUT2D eigenvalue weighted by atomic mass is 32.1. The van der Waals surface area contributed by atoms with Crippen LogP contribution in [0.25, 0.3) is 11.3 Å². The number of thiazole rings is 1. The molecule has 1 amide bonds. The van der Waals surface area contributed by atoms with Crippen LogP contribution in [0.15, 0.2) is 53.9 Å². The van der Waals surface area contributed by atoms with Crippen molar-refractivity contribution in [3.63, 3.8) is 0 Å². The van der Waals surface area contributed by atoms with E-state index in [1.54, 1.807) is 7.11 Å². The van der Waals surface area contributed by atoms with Gasteiger partial charge in [-0.2, -0.15) is 0 Å². The van der Waals surface area contributed by atoms with Gasteiger partial charge >= 0.3 is 0 Å². The topological polar surface area (TPSA) is 60.5 Å². The molecule has 28 heavy (non-hydrogen) atoms. The number of nitrogens with zero attached hydrogens (tertiary/aromatic N) is 1. The van der Waals surface area contributed by atoms with Gasteiger partial charge in [-0.05, 0) is 42.7 Å². The van der Waals surface area contributed by atoms with E-state index in [1.807, 2.05) is 41.8 Å². The number of hydrogen-bond donors (Lipinski definition) is 1. The molecule has 0 atom stereocenters. The summed E-state index contributed by atoms with van der Waals surface area (Å²) in [5.74, 6) is 1.55. The Labute approximate surface area is 169 Å². The minimum absolute atomic E-state index is 0.0588. The molecule has 3 rings (SSSR count). The highest BCUT2D eigenvalue weighted by Crippen LogP contribution is 2.27. The van der Waals surface area contributed by atoms with E-state index in [-0.39, 0.29) is 5.91 Å². The molecule has 3 aromatic rings. The number of methoxy groups -OCH3 is 1. The predicted molar refractivity (Wildman–Crippen MR) is 113 cm³/mol. The van der Waals surface area contributed by atoms with E-state index in [4.69, 9.17) is 9.47 Å². The second-order valence-corrected chi connectivity index (χ2v) is 7.13. The monoisotopic (exact) mass is 396 g/mol. The standard InChI is InChI=1S/C22H24N2O3S/c1-3-16-9-11-18(12-10-16)27-13-5-8-21(25)24-22-23-20(15-28-22)17-6-4-7-19(14-17)26-2/h4,6-7,9-12,14-15H,3,5,8,13H2,1-2H3,(H,23,24,25). The molecule has 6 heteroatoms. The first-order valence-corrected chi connectivity index (χ1v) is 10.2. The summed E-state index contributed by atoms with van der Waals surface area (Å²) in [7, 11) is 1.63. The fourth-order valence-electron chi connectivity index (χ4n) is 2.67. The second kappa shape index (κ2) is 9.90. The Bertz CT molecular complexity index is 906. The van der Waals surface area contributed by atoms with Crippen LogP contribution in [-0.4, -0.2) is 24.6 Å². The van der Waals surface area contributed by atoms with Crippen LogP contribution >= 0.6 is 11.3 Å². The largest absolute Gasteiger partial charge is 0.497 e. The third-order valence-electron chi connectivity index (χ3n) is 4.26. The van der Waals surface area contributed by atoms with Crippen molar-refractivity contribution in [3.8, 4) is 22.8 Å². The van der Waals surface area contributed by atoms with Gasteiger partial charge in [0.1, 0.15) is 11.5 Å². The average Bonchev–Trinajstić information content (AvgIpc) is 3.20. The number of carbonyl (C=O) groups is 1. The number of amides is 1. The molecule has 2 aromatic carbocycles. The van der Waals surface area contributed by atoms with Crippen LogP contribution in [-0.2, 0) is 11.2 Å². The molecule has 0 spiro atoms. The molecule has 146 valence electrons. The first kappa shape index (κ1) is 19.9. The quantitative estimate of drug-likeness (QED) is 0.506. The Morgan fingerprint density at radius 1 is 1.14 bits per heavy atom. The average molecular weight is 397 g/mol. The molecule has 1 heterocycles. The molecular formula is C22H24N2O3S. The maximum Gasteiger partial charge on any atom is 0.226 e. The maximum atomic E-state index is 12.1. The predicted octanol–water partition coefficient (Wildman–Crippen LogP) is 5.18. The van der Waals surface area contributed by atoms with Crippen LogP contribution in [0.4, 0.5) is 5.13 Å². The van der Waals surface area contributed by atoms with Gasteiger partial charge in [0.2, 0.25) is 5.91 Å². The lowest BCUT2D eigenvalue weighted by molar-refractivity contribution is -0.116. The SMILES string of the molecule is CCc1ccc(OCCCC(=O)Nc2nc(-c3cccc(OC)c3)cs2)cc1. The van der Waals surface area contributed by atoms with Crippen LogP contribution in [0.1, 0.15) is 25.3 Å². The number of aryl methyl sites for hydroxylation is 1. The number of aromatic nitrogens is 1. The summed E-state index contributed by atoms with van der Waals surface area (Å²) in [5, 5.41) is 5.38. The van der Waals surface area contributed by atoms with Gasteiger partial charge in [0.25, 0.3) is 0 Å². The number of carbonyl (C=O) groups excluding carboxylic acids is 1. The minimum Gasteiger partial charge on any atom is -0.497 e. The summed E-state index contributed by atoms with van der Waals surface area (Å²) in [4.78, 5) is 16.6. The molecule has 0 fully saturated rings. The number of benzene rings is 2. The number of rotatable bonds is 9. The normalized spacial score (nSPS) is 10.5. The van der Waals surface area contributed by atoms with E-state index in [1.165, 1.54) is 16.9 Å². The molecule has 0 radical (unpaired) electrons. The molecule has 1 aromatic heterocycles. The highest BCUT2D eigenvalue weighted by molar-refractivity contribution is 7.14. The Kier molecular flexibility index (Phi) is 7.03. The summed E-state index contributed by atoms with van der Waals surface area (Å²) in [6.45, 7) is 2.63. The van der Waals surface area contributed by atoms with Gasteiger partial charge in [-0.15, -0.1) is 11.3 Å². The zero-order valence-corrected chi connectivity index (χ0v) is 16.9. The molecule has 0 aliphatic rings. The van der Waals surface area contributed by atoms with Crippen LogP contribution in [0.3, 0.4) is 0 Å². The van der Waals surface area contributed by atoms with Crippen molar-refractivity contribution in [1.29, 1.82) is 0 Å². The van der Waals surface area contributed by atoms with Gasteiger partial charge < -0.3 is 14.8 Å². The lowest BCUT2D eigenvalue weighted by Gasteiger charge is -2.06. The molecule has 0 bridgehead atoms. The Morgan fingerprint density at radius 3 is 2.71 bits per heavy atom. The molecule has 0 saturated carbocycles. The smallest absolute Gasteiger partial charge is 0.226 e. The van der Waals surface area contributed by atoms with E-state index < -0.39 is 0 Å². The van der Waals surface area contributed by atoms with Crippen molar-refractivity contribution in [2.75, 3.05) is 19.0 Å². The summed E-state index contributed by atoms with van der Waals surface area (Å²) >= 11 is 1.41. The Balaban J connectivity index is 1.44. The van der Waals surface area contributed by atoms with Crippen LogP contribution in [0.2, 0.25) is 0 Å². The number of ether oxygens (including phenoxy) is 2. The Morgan fingerprint density at radius 2 is 1.96 bits per heavy atom. The zero-order chi connectivity index (χ0) is 19.8. The van der Waals surface area contributed by atoms with Gasteiger partial charge in [0.15, 0.2) is 5.13 Å². The molecule has 0 unspecified atom stereocenters. The van der Waals surface area contributed by atoms with Crippen molar-refractivity contribution >= 4 is 22.4 Å². The maximum absolute atomic E-state index is 12.1. The number of nitrogens with one attached hydrogen (secondary N) is 1. The summed E-state index contributed by atoms with van der Waals surface area (Å²) in [6.07, 6.45) is 2.05. The van der Waals surface area contributed by atoms with Gasteiger partial charge in [-0.1, -0.05) is 31.2 Å². The molecule has 5 nitrogen and oxygen atoms in total. The third-order valence-corrected chi connectivity index (χ3v) is 5.02. The molecule has 0 saturated heterocycles. The molecule has 1 N–H and O–H groups in total. The summed E-state index contributed by atoms with van der Waals surface area (Å²) in [6, 6.07) is 15.7. The second-order valence-electron chi connectivity index (χ2n) is 6.27. The number of anilines is 1. The number of hydrogen-bond acceptors (Lipinski definition) is 5. The van der Waals surface area contributed by atoms with Crippen LogP contribution in [0.5, 0.6) is 11.5 Å². The van der Waals surface area contributed by atoms with E-state index >= 15 is 0 Å². The van der Waals surface area contributed by atoms with Gasteiger partial charge in [-0.25, -0.2) is 4.98 Å². The van der Waals surface area contributed by atoms with Gasteiger partial charge in [0.05, 0.1) is 19.4 Å². The minimum atomic E-state index is -0.0588. The van der Waals surface area contributed by atoms with Crippen LogP contribution in [0, 0.1) is 0 Å². The fraction of sp³-hybridized carbons (Fsp3) is 0.273. The lowest BCUT2D eigenvalue weighted by atomic mass is 10.2. The summed E-state index contributed by atoms with van der Waals surface area (Å²) in [5.41, 5.74) is 3.06. The van der Waals surface area contributed by atoms with E-state index in [0.717, 1.165) is 29.2 Å². The Hall–Kier alpha value is -2.86. The van der Waals surface area contributed by atoms with Crippen molar-refractivity contribution in [2.45, 2.75) is 26.2 Å². The molecule has 0 aliphatic heterocycles. The van der Waals surface area contributed by atoms with Crippen molar-refractivity contribution < 1.29 is 14.3 Å². The van der Waals surface area contributed by atoms with Crippen molar-refractivity contribution in [1.82, 2.24) is 4.98 Å². The first-order chi connectivity index (χ1) is 13.7. The lowest BCUT2D eigenvalue weighted by Crippen LogP contribution is -2.12. The summed E-state index contributed by atoms with van der Waals surface area (Å²) < 4.78 is 10.9. The first-order valence-electron chi connectivity index (χ1n) is 9.29. The van der Waals surface area contributed by atoms with E-state index in [2.05, 4.69) is 29.4 Å². The highest BCUT2D eigenvalue weighted by Gasteiger charge is 2.09.